The zero-order valence-corrected chi connectivity index (χ0v) is 34.0. The Balaban J connectivity index is 1.07. The first kappa shape index (κ1) is 42.5. The van der Waals surface area contributed by atoms with Crippen LogP contribution in [0.2, 0.25) is 0 Å². The highest BCUT2D eigenvalue weighted by Gasteiger charge is 2.22. The van der Waals surface area contributed by atoms with Gasteiger partial charge in [0.05, 0.1) is 5.69 Å². The van der Waals surface area contributed by atoms with E-state index >= 15 is 0 Å². The Hall–Kier alpha value is -5.65. The van der Waals surface area contributed by atoms with Crippen molar-refractivity contribution < 1.29 is 19.1 Å². The molecule has 2 amide bonds. The van der Waals surface area contributed by atoms with E-state index < -0.39 is 6.10 Å². The molecule has 1 atom stereocenters. The Bertz CT molecular complexity index is 2020. The summed E-state index contributed by atoms with van der Waals surface area (Å²) in [6.07, 6.45) is 10.9. The molecule has 12 nitrogen and oxygen atoms in total. The molecule has 0 spiro atoms. The molecule has 5 aromatic rings. The number of carbonyl (C=O) groups excluding carboxylic acids is 3. The minimum Gasteiger partial charge on any atom is -0.458 e. The third kappa shape index (κ3) is 12.2. The zero-order chi connectivity index (χ0) is 40.4. The van der Waals surface area contributed by atoms with Gasteiger partial charge in [-0.25, -0.2) is 4.98 Å². The summed E-state index contributed by atoms with van der Waals surface area (Å²) >= 11 is 0. The lowest BCUT2D eigenvalue weighted by atomic mass is 9.97. The highest BCUT2D eigenvalue weighted by atomic mass is 16.5. The van der Waals surface area contributed by atoms with Crippen LogP contribution in [0, 0.1) is 6.92 Å². The van der Waals surface area contributed by atoms with Crippen LogP contribution in [0.4, 0.5) is 0 Å². The summed E-state index contributed by atoms with van der Waals surface area (Å²) in [4.78, 5) is 43.3. The number of imidazole rings is 1. The standard InChI is InChI=1S/C45H58N8O4/c1-5-7-23-40(57-33(4)54)37-20-14-16-22-39(37)44(55)46-29-17-11-9-10-12-18-30-47-45(56)42-32(3)48-41(24-8-6-2)53(42)31-34-25-27-35(28-26-34)36-19-13-15-21-38(36)43-49-51-52-50-43/h13-16,19-22,25-28,40H,5-12,17-18,23-24,29-31H2,1-4H3,(H,46,55)(H,47,56)(H,49,50,51,52). The van der Waals surface area contributed by atoms with Crippen molar-refractivity contribution in [3.05, 3.63) is 107 Å². The molecule has 5 rings (SSSR count). The number of H-pyrrole nitrogens is 1. The lowest BCUT2D eigenvalue weighted by Crippen LogP contribution is -2.28. The Morgan fingerprint density at radius 1 is 0.772 bits per heavy atom. The topological polar surface area (TPSA) is 157 Å². The maximum absolute atomic E-state index is 13.6. The summed E-state index contributed by atoms with van der Waals surface area (Å²) in [5.41, 5.74) is 6.74. The van der Waals surface area contributed by atoms with E-state index in [1.807, 2.05) is 43.3 Å². The van der Waals surface area contributed by atoms with Gasteiger partial charge in [0.1, 0.15) is 17.6 Å². The number of nitrogens with one attached hydrogen (secondary N) is 3. The predicted molar refractivity (Wildman–Crippen MR) is 223 cm³/mol. The third-order valence-electron chi connectivity index (χ3n) is 10.2. The van der Waals surface area contributed by atoms with Crippen molar-refractivity contribution in [3.63, 3.8) is 0 Å². The van der Waals surface area contributed by atoms with Crippen LogP contribution in [0.15, 0.2) is 72.8 Å². The van der Waals surface area contributed by atoms with Crippen LogP contribution in [-0.4, -0.2) is 61.0 Å². The SMILES string of the molecule is CCCCc1nc(C)c(C(=O)NCCCCCCCCNC(=O)c2ccccc2C(CCCC)OC(C)=O)n1Cc1ccc(-c2ccccc2-c2nn[nH]n2)cc1. The molecule has 0 saturated carbocycles. The van der Waals surface area contributed by atoms with Crippen LogP contribution in [0.25, 0.3) is 22.5 Å². The molecular weight excluding hydrogens is 717 g/mol. The van der Waals surface area contributed by atoms with Crippen molar-refractivity contribution in [1.29, 1.82) is 0 Å². The van der Waals surface area contributed by atoms with Gasteiger partial charge in [-0.3, -0.25) is 14.4 Å². The predicted octanol–water partition coefficient (Wildman–Crippen LogP) is 8.72. The van der Waals surface area contributed by atoms with E-state index in [1.54, 1.807) is 6.07 Å². The van der Waals surface area contributed by atoms with Crippen LogP contribution in [0.1, 0.15) is 141 Å². The fraction of sp³-hybridized carbons (Fsp3) is 0.444. The Labute approximate surface area is 336 Å². The van der Waals surface area contributed by atoms with Gasteiger partial charge in [-0.15, -0.1) is 10.2 Å². The first-order valence-electron chi connectivity index (χ1n) is 20.6. The van der Waals surface area contributed by atoms with Crippen LogP contribution in [0.5, 0.6) is 0 Å². The molecule has 0 fully saturated rings. The van der Waals surface area contributed by atoms with Crippen molar-refractivity contribution in [2.24, 2.45) is 0 Å². The van der Waals surface area contributed by atoms with E-state index in [9.17, 15) is 14.4 Å². The second kappa shape index (κ2) is 22.2. The smallest absolute Gasteiger partial charge is 0.303 e. The average molecular weight is 775 g/mol. The minimum atomic E-state index is -0.423. The quantitative estimate of drug-likeness (QED) is 0.0440. The summed E-state index contributed by atoms with van der Waals surface area (Å²) in [6.45, 7) is 9.33. The number of hydrogen-bond acceptors (Lipinski definition) is 8. The number of aromatic amines is 1. The van der Waals surface area contributed by atoms with Crippen molar-refractivity contribution in [3.8, 4) is 22.5 Å². The molecule has 57 heavy (non-hydrogen) atoms. The highest BCUT2D eigenvalue weighted by molar-refractivity contribution is 5.96. The van der Waals surface area contributed by atoms with Crippen molar-refractivity contribution in [2.75, 3.05) is 13.1 Å². The van der Waals surface area contributed by atoms with Gasteiger partial charge in [-0.1, -0.05) is 119 Å². The maximum atomic E-state index is 13.6. The summed E-state index contributed by atoms with van der Waals surface area (Å²) in [5, 5.41) is 20.8. The molecule has 0 bridgehead atoms. The molecule has 3 N–H and O–H groups in total. The van der Waals surface area contributed by atoms with Crippen LogP contribution in [-0.2, 0) is 22.5 Å². The van der Waals surface area contributed by atoms with Crippen molar-refractivity contribution in [1.82, 2.24) is 40.8 Å². The number of nitrogens with zero attached hydrogens (tertiary/aromatic N) is 5. The van der Waals surface area contributed by atoms with Crippen LogP contribution < -0.4 is 10.6 Å². The fourth-order valence-electron chi connectivity index (χ4n) is 7.18. The van der Waals surface area contributed by atoms with E-state index in [0.29, 0.717) is 43.1 Å². The van der Waals surface area contributed by atoms with E-state index in [1.165, 1.54) is 6.92 Å². The molecular formula is C45H58N8O4. The Kier molecular flexibility index (Phi) is 16.5. The normalized spacial score (nSPS) is 11.6. The highest BCUT2D eigenvalue weighted by Crippen LogP contribution is 2.30. The number of carbonyl (C=O) groups is 3. The number of aromatic nitrogens is 6. The summed E-state index contributed by atoms with van der Waals surface area (Å²) < 4.78 is 7.67. The van der Waals surface area contributed by atoms with E-state index in [0.717, 1.165) is 110 Å². The molecule has 0 aliphatic rings. The molecule has 2 aromatic heterocycles. The molecule has 302 valence electrons. The second-order valence-electron chi connectivity index (χ2n) is 14.6. The van der Waals surface area contributed by atoms with E-state index in [4.69, 9.17) is 9.72 Å². The second-order valence-corrected chi connectivity index (χ2v) is 14.6. The van der Waals surface area contributed by atoms with Gasteiger partial charge in [0.15, 0.2) is 0 Å². The molecule has 2 heterocycles. The molecule has 0 aliphatic heterocycles. The average Bonchev–Trinajstić information content (AvgIpc) is 3.87. The Morgan fingerprint density at radius 2 is 1.42 bits per heavy atom. The molecule has 0 saturated heterocycles. The maximum Gasteiger partial charge on any atom is 0.303 e. The van der Waals surface area contributed by atoms with E-state index in [-0.39, 0.29) is 17.8 Å². The van der Waals surface area contributed by atoms with Gasteiger partial charge < -0.3 is 19.9 Å². The van der Waals surface area contributed by atoms with Gasteiger partial charge >= 0.3 is 5.97 Å². The van der Waals surface area contributed by atoms with E-state index in [2.05, 4.69) is 80.0 Å². The van der Waals surface area contributed by atoms with Gasteiger partial charge in [0.25, 0.3) is 11.8 Å². The monoisotopic (exact) mass is 774 g/mol. The fourth-order valence-corrected chi connectivity index (χ4v) is 7.18. The number of unbranched alkanes of at least 4 members (excludes halogenated alkanes) is 7. The zero-order valence-electron chi connectivity index (χ0n) is 34.0. The Morgan fingerprint density at radius 3 is 2.09 bits per heavy atom. The summed E-state index contributed by atoms with van der Waals surface area (Å²) in [5.74, 6) is 0.914. The minimum absolute atomic E-state index is 0.0877. The van der Waals surface area contributed by atoms with Crippen molar-refractivity contribution >= 4 is 17.8 Å². The van der Waals surface area contributed by atoms with Crippen LogP contribution in [0.3, 0.4) is 0 Å². The van der Waals surface area contributed by atoms with Gasteiger partial charge in [0.2, 0.25) is 5.82 Å². The lowest BCUT2D eigenvalue weighted by Gasteiger charge is -2.20. The molecule has 0 radical (unpaired) electrons. The molecule has 1 unspecified atom stereocenters. The molecule has 12 heteroatoms. The first-order chi connectivity index (χ1) is 27.8. The molecule has 3 aromatic carbocycles. The number of tetrazole rings is 1. The number of amides is 2. The summed E-state index contributed by atoms with van der Waals surface area (Å²) in [6, 6.07) is 23.8. The number of hydrogen-bond donors (Lipinski definition) is 3. The molecule has 0 aliphatic carbocycles. The summed E-state index contributed by atoms with van der Waals surface area (Å²) in [7, 11) is 0. The van der Waals surface area contributed by atoms with Crippen LogP contribution >= 0.6 is 0 Å². The number of ether oxygens (including phenoxy) is 1. The van der Waals surface area contributed by atoms with Crippen molar-refractivity contribution in [2.45, 2.75) is 117 Å². The largest absolute Gasteiger partial charge is 0.458 e. The first-order valence-corrected chi connectivity index (χ1v) is 20.6. The number of aryl methyl sites for hydroxylation is 2. The van der Waals surface area contributed by atoms with Gasteiger partial charge in [-0.2, -0.15) is 5.21 Å². The number of esters is 1. The number of rotatable bonds is 23. The number of benzene rings is 3. The van der Waals surface area contributed by atoms with Gasteiger partial charge in [-0.05, 0) is 67.0 Å². The lowest BCUT2D eigenvalue weighted by molar-refractivity contribution is -0.147. The van der Waals surface area contributed by atoms with Gasteiger partial charge in [0, 0.05) is 49.7 Å². The third-order valence-corrected chi connectivity index (χ3v) is 10.2.